The van der Waals surface area contributed by atoms with Crippen molar-refractivity contribution >= 4 is 151 Å². The molecule has 0 radical (unpaired) electrons. The summed E-state index contributed by atoms with van der Waals surface area (Å²) in [7, 11) is 1.60. The maximum atomic E-state index is 12.5. The van der Waals surface area contributed by atoms with E-state index in [1.165, 1.54) is 36.6 Å². The maximum Gasteiger partial charge on any atom is 0.273 e. The molecule has 0 bridgehead atoms. The van der Waals surface area contributed by atoms with E-state index in [4.69, 9.17) is 43.3 Å². The van der Waals surface area contributed by atoms with Crippen LogP contribution in [0.25, 0.3) is 133 Å². The van der Waals surface area contributed by atoms with Crippen molar-refractivity contribution in [3.8, 4) is 45.0 Å². The van der Waals surface area contributed by atoms with Gasteiger partial charge in [0.1, 0.15) is 94.1 Å². The fraction of sp³-hybridized carbons (Fsp3) is 0.263. The molecule has 13 aromatic heterocycles. The van der Waals surface area contributed by atoms with Crippen molar-refractivity contribution in [3.05, 3.63) is 157 Å². The van der Waals surface area contributed by atoms with E-state index in [1.54, 1.807) is 13.2 Å². The number of hydrogen-bond acceptors (Lipinski definition) is 22. The summed E-state index contributed by atoms with van der Waals surface area (Å²) in [6.45, 7) is 25.1. The van der Waals surface area contributed by atoms with Gasteiger partial charge in [-0.1, -0.05) is 48.5 Å². The van der Waals surface area contributed by atoms with E-state index < -0.39 is 0 Å². The fourth-order valence-electron chi connectivity index (χ4n) is 13.4. The number of nitrogens with one attached hydrogen (secondary N) is 8. The molecule has 33 nitrogen and oxygen atoms in total. The Labute approximate surface area is 655 Å². The predicted molar refractivity (Wildman–Crippen MR) is 445 cm³/mol. The molecule has 18 rings (SSSR count). The minimum absolute atomic E-state index is 0.0645. The molecule has 0 saturated heterocycles. The Bertz CT molecular complexity index is 6600. The van der Waals surface area contributed by atoms with Crippen molar-refractivity contribution in [2.24, 2.45) is 0 Å². The molecule has 0 spiro atoms. The highest BCUT2D eigenvalue weighted by Gasteiger charge is 2.30. The van der Waals surface area contributed by atoms with Crippen LogP contribution in [0.2, 0.25) is 0 Å². The van der Waals surface area contributed by atoms with Crippen LogP contribution in [0.3, 0.4) is 0 Å². The van der Waals surface area contributed by atoms with Crippen LogP contribution in [0.15, 0.2) is 134 Å². The molecule has 1 aliphatic rings. The summed E-state index contributed by atoms with van der Waals surface area (Å²) in [5.74, 6) is 0.982. The Morgan fingerprint density at radius 3 is 1.13 bits per heavy atom. The third-order valence-corrected chi connectivity index (χ3v) is 19.8. The van der Waals surface area contributed by atoms with E-state index in [1.807, 2.05) is 142 Å². The van der Waals surface area contributed by atoms with Crippen molar-refractivity contribution < 1.29 is 19.2 Å². The molecule has 34 heteroatoms. The minimum Gasteiger partial charge on any atom is -0.383 e. The maximum absolute atomic E-state index is 12.5. The van der Waals surface area contributed by atoms with Gasteiger partial charge in [-0.25, -0.2) is 63.6 Å². The van der Waals surface area contributed by atoms with E-state index in [0.717, 1.165) is 117 Å². The number of carbonyl (C=O) groups is 4. The van der Waals surface area contributed by atoms with Crippen LogP contribution in [0.1, 0.15) is 144 Å². The van der Waals surface area contributed by atoms with Crippen LogP contribution >= 0.6 is 11.3 Å². The minimum atomic E-state index is -0.265. The number of carbonyl (C=O) groups excluding carboxylic acids is 4. The summed E-state index contributed by atoms with van der Waals surface area (Å²) in [4.78, 5) is 99.9. The van der Waals surface area contributed by atoms with E-state index in [9.17, 15) is 19.2 Å². The quantitative estimate of drug-likeness (QED) is 0.0540. The highest BCUT2D eigenvalue weighted by molar-refractivity contribution is 7.13. The van der Waals surface area contributed by atoms with Crippen molar-refractivity contribution in [2.75, 3.05) is 41.8 Å². The molecule has 114 heavy (non-hydrogen) atoms. The zero-order chi connectivity index (χ0) is 80.6. The molecule has 580 valence electrons. The summed E-state index contributed by atoms with van der Waals surface area (Å²) in [5.41, 5.74) is 38.5. The SMILES string of the molecule is CC(C)(C)n1nc(-c2ccc3cc(C(=O)NC4CC4)[nH]c3c2)c2c(N)ncnc21.CC(C)n1nc(-c2ccc3cc(C(=O)Nc4nccs4)[nH]c3c2)c2c(N)ncnc21.CCNC(=O)c1cc2ccc(-c3nn(C(C)(C)C)c4ncnc(N)c34)cc2[nH]1.CNC(=O)c1cc2ccc(-c3nn(C(C)(C)C)c4ncnc(N)c34)cc2[nH]1. The van der Waals surface area contributed by atoms with Gasteiger partial charge in [0.2, 0.25) is 0 Å². The van der Waals surface area contributed by atoms with Crippen LogP contribution in [-0.2, 0) is 16.6 Å². The van der Waals surface area contributed by atoms with Gasteiger partial charge < -0.3 is 58.8 Å². The molecule has 13 heterocycles. The van der Waals surface area contributed by atoms with E-state index in [2.05, 4.69) is 148 Å². The van der Waals surface area contributed by atoms with Crippen molar-refractivity contribution in [3.63, 3.8) is 0 Å². The summed E-state index contributed by atoms with van der Waals surface area (Å²) in [5, 5.41) is 39.5. The van der Waals surface area contributed by atoms with E-state index in [0.29, 0.717) is 92.0 Å². The van der Waals surface area contributed by atoms with Gasteiger partial charge >= 0.3 is 0 Å². The Morgan fingerprint density at radius 2 is 0.798 bits per heavy atom. The third kappa shape index (κ3) is 14.6. The van der Waals surface area contributed by atoms with E-state index in [-0.39, 0.29) is 46.3 Å². The number of aromatic nitrogens is 21. The van der Waals surface area contributed by atoms with Gasteiger partial charge in [0.25, 0.3) is 23.6 Å². The molecule has 0 unspecified atom stereocenters. The average Bonchev–Trinajstić information content (AvgIpc) is 1.61. The van der Waals surface area contributed by atoms with Gasteiger partial charge in [-0.2, -0.15) is 20.4 Å². The number of nitrogen functional groups attached to an aromatic ring is 4. The first-order valence-corrected chi connectivity index (χ1v) is 37.8. The summed E-state index contributed by atoms with van der Waals surface area (Å²) in [6, 6.07) is 31.4. The predicted octanol–water partition coefficient (Wildman–Crippen LogP) is 12.8. The molecule has 1 saturated carbocycles. The lowest BCUT2D eigenvalue weighted by Gasteiger charge is -2.19. The van der Waals surface area contributed by atoms with Crippen LogP contribution in [0.4, 0.5) is 28.4 Å². The monoisotopic (exact) mass is 1550 g/mol. The molecule has 16 N–H and O–H groups in total. The smallest absolute Gasteiger partial charge is 0.273 e. The van der Waals surface area contributed by atoms with Gasteiger partial charge in [0.15, 0.2) is 27.7 Å². The highest BCUT2D eigenvalue weighted by Crippen LogP contribution is 2.40. The number of benzene rings is 4. The lowest BCUT2D eigenvalue weighted by molar-refractivity contribution is 0.0940. The van der Waals surface area contributed by atoms with Crippen LogP contribution in [-0.4, -0.2) is 147 Å². The molecule has 17 aromatic rings. The second-order valence-electron chi connectivity index (χ2n) is 30.9. The zero-order valence-electron chi connectivity index (χ0n) is 64.9. The van der Waals surface area contributed by atoms with Gasteiger partial charge in [-0.15, -0.1) is 11.3 Å². The molecular formula is C80H85N29O4S. The second kappa shape index (κ2) is 29.3. The number of nitrogens with zero attached hydrogens (tertiary/aromatic N) is 17. The molecule has 0 atom stereocenters. The average molecular weight is 1550 g/mol. The standard InChI is InChI=1S/C21H23N7O.C20H18N8OS.C20H23N7O.C19H21N7O/c1-21(2,3)28-19-16(18(22)23-10-24-19)17(27-28)12-5-4-11-8-15(26-14(11)9-12)20(29)25-13-6-7-13;1-10(2)28-18-15(17(21)23-9-24-18)16(27-28)12-4-3-11-7-14(25-13(11)8-12)19(29)26-20-22-5-6-30-20;1-5-22-19(28)14-8-11-6-7-12(9-13(11)25-14)16-15-17(21)23-10-24-18(15)27(26-16)20(2,3)4;1-19(2,3)26-17-14(16(20)22-9-23-17)15(25-26)11-6-5-10-7-13(18(27)21-4)24-12(10)8-11/h4-5,8-10,13,26H,6-7H2,1-3H3,(H,25,29)(H2,22,23,24);3-10,25H,1-2H3,(H2,21,23,24)(H,22,26,29);6-10,25H,5H2,1-4H3,(H,22,28)(H2,21,23,24);5-9,24H,1-4H3,(H,21,27)(H2,20,22,23). The lowest BCUT2D eigenvalue weighted by Crippen LogP contribution is -2.25. The Kier molecular flexibility index (Phi) is 19.4. The fourth-order valence-corrected chi connectivity index (χ4v) is 13.9. The second-order valence-corrected chi connectivity index (χ2v) is 31.8. The lowest BCUT2D eigenvalue weighted by atomic mass is 10.1. The van der Waals surface area contributed by atoms with Crippen molar-refractivity contribution in [1.29, 1.82) is 0 Å². The molecule has 4 amide bonds. The summed E-state index contributed by atoms with van der Waals surface area (Å²) >= 11 is 1.37. The number of nitrogens with two attached hydrogens (primary N) is 4. The summed E-state index contributed by atoms with van der Waals surface area (Å²) in [6.07, 6.45) is 9.58. The highest BCUT2D eigenvalue weighted by atomic mass is 32.1. The van der Waals surface area contributed by atoms with Gasteiger partial charge in [0, 0.05) is 103 Å². The number of aromatic amines is 4. The first-order valence-electron chi connectivity index (χ1n) is 36.9. The van der Waals surface area contributed by atoms with E-state index >= 15 is 0 Å². The molecule has 1 fully saturated rings. The number of thiazole rings is 1. The number of rotatable bonds is 12. The van der Waals surface area contributed by atoms with Gasteiger partial charge in [-0.3, -0.25) is 24.5 Å². The topological polar surface area (TPSA) is 471 Å². The normalized spacial score (nSPS) is 12.5. The number of H-pyrrole nitrogens is 4. The van der Waals surface area contributed by atoms with Crippen LogP contribution < -0.4 is 44.2 Å². The van der Waals surface area contributed by atoms with Crippen molar-refractivity contribution in [2.45, 2.75) is 125 Å². The third-order valence-electron chi connectivity index (χ3n) is 19.1. The van der Waals surface area contributed by atoms with Crippen molar-refractivity contribution in [1.82, 2.24) is 120 Å². The largest absolute Gasteiger partial charge is 0.383 e. The number of hydrogen-bond donors (Lipinski definition) is 12. The number of amides is 4. The Morgan fingerprint density at radius 1 is 0.456 bits per heavy atom. The van der Waals surface area contributed by atoms with Gasteiger partial charge in [0.05, 0.1) is 38.2 Å². The zero-order valence-corrected chi connectivity index (χ0v) is 65.7. The first kappa shape index (κ1) is 75.4. The first-order chi connectivity index (χ1) is 54.4. The Balaban J connectivity index is 0.000000120. The van der Waals surface area contributed by atoms with Crippen LogP contribution in [0, 0.1) is 0 Å². The summed E-state index contributed by atoms with van der Waals surface area (Å²) < 4.78 is 7.46. The van der Waals surface area contributed by atoms with Gasteiger partial charge in [-0.05, 0) is 144 Å². The number of fused-ring (bicyclic) bond motifs is 8. The molecule has 0 aliphatic heterocycles. The number of anilines is 5. The molecule has 1 aliphatic carbocycles. The Hall–Kier alpha value is -14.1. The van der Waals surface area contributed by atoms with Crippen LogP contribution in [0.5, 0.6) is 0 Å². The molecular weight excluding hydrogens is 1460 g/mol. The molecule has 4 aromatic carbocycles.